The zero-order valence-corrected chi connectivity index (χ0v) is 14.1. The van der Waals surface area contributed by atoms with E-state index in [4.69, 9.17) is 0 Å². The fourth-order valence-electron chi connectivity index (χ4n) is 5.88. The molecule has 1 heteroatoms. The molecule has 1 aliphatic heterocycles. The van der Waals surface area contributed by atoms with Gasteiger partial charge in [-0.15, -0.1) is 0 Å². The van der Waals surface area contributed by atoms with E-state index < -0.39 is 0 Å². The summed E-state index contributed by atoms with van der Waals surface area (Å²) in [7, 11) is 0. The van der Waals surface area contributed by atoms with Crippen LogP contribution in [-0.2, 0) is 11.8 Å². The van der Waals surface area contributed by atoms with Gasteiger partial charge in [0.25, 0.3) is 0 Å². The molecule has 2 aliphatic carbocycles. The van der Waals surface area contributed by atoms with E-state index in [9.17, 15) is 0 Å². The highest BCUT2D eigenvalue weighted by Gasteiger charge is 2.52. The van der Waals surface area contributed by atoms with Gasteiger partial charge >= 0.3 is 0 Å². The van der Waals surface area contributed by atoms with Gasteiger partial charge in [-0.25, -0.2) is 0 Å². The second-order valence-electron chi connectivity index (χ2n) is 8.07. The van der Waals surface area contributed by atoms with Crippen LogP contribution in [0.25, 0.3) is 0 Å². The molecule has 22 heavy (non-hydrogen) atoms. The molecule has 1 nitrogen and oxygen atoms in total. The second kappa shape index (κ2) is 6.00. The highest BCUT2D eigenvalue weighted by molar-refractivity contribution is 5.41. The van der Waals surface area contributed by atoms with Crippen molar-refractivity contribution in [3.05, 3.63) is 35.4 Å². The van der Waals surface area contributed by atoms with Gasteiger partial charge in [-0.1, -0.05) is 56.9 Å². The summed E-state index contributed by atoms with van der Waals surface area (Å²) < 4.78 is 0. The molecule has 1 N–H and O–H groups in total. The summed E-state index contributed by atoms with van der Waals surface area (Å²) in [5, 5.41) is 3.87. The van der Waals surface area contributed by atoms with E-state index in [0.717, 1.165) is 17.9 Å². The molecule has 1 saturated carbocycles. The van der Waals surface area contributed by atoms with E-state index in [1.807, 2.05) is 0 Å². The van der Waals surface area contributed by atoms with Gasteiger partial charge in [0.05, 0.1) is 0 Å². The summed E-state index contributed by atoms with van der Waals surface area (Å²) >= 11 is 0. The minimum Gasteiger partial charge on any atom is -0.313 e. The molecule has 2 fully saturated rings. The lowest BCUT2D eigenvalue weighted by Gasteiger charge is -2.57. The molecule has 4 rings (SSSR count). The Hall–Kier alpha value is -0.820. The van der Waals surface area contributed by atoms with Crippen LogP contribution >= 0.6 is 0 Å². The number of hydrogen-bond donors (Lipinski definition) is 1. The highest BCUT2D eigenvalue weighted by Crippen LogP contribution is 2.55. The summed E-state index contributed by atoms with van der Waals surface area (Å²) in [6, 6.07) is 10.1. The minimum absolute atomic E-state index is 0.520. The quantitative estimate of drug-likeness (QED) is 0.784. The first-order valence-corrected chi connectivity index (χ1v) is 9.65. The lowest BCUT2D eigenvalue weighted by atomic mass is 9.51. The Kier molecular flexibility index (Phi) is 4.02. The van der Waals surface area contributed by atoms with Crippen molar-refractivity contribution < 1.29 is 0 Å². The topological polar surface area (TPSA) is 12.0 Å². The average Bonchev–Trinajstić information content (AvgIpc) is 2.55. The Labute approximate surface area is 135 Å². The first kappa shape index (κ1) is 14.8. The second-order valence-corrected chi connectivity index (χ2v) is 8.07. The van der Waals surface area contributed by atoms with E-state index in [-0.39, 0.29) is 0 Å². The van der Waals surface area contributed by atoms with Gasteiger partial charge in [0, 0.05) is 11.5 Å². The van der Waals surface area contributed by atoms with Crippen LogP contribution in [0, 0.1) is 11.8 Å². The zero-order valence-electron chi connectivity index (χ0n) is 14.1. The lowest BCUT2D eigenvalue weighted by Crippen LogP contribution is -2.60. The maximum atomic E-state index is 3.87. The molecule has 1 saturated heterocycles. The molecule has 0 spiro atoms. The fourth-order valence-corrected chi connectivity index (χ4v) is 5.88. The van der Waals surface area contributed by atoms with Gasteiger partial charge in [0.2, 0.25) is 0 Å². The van der Waals surface area contributed by atoms with Crippen LogP contribution in [0.3, 0.4) is 0 Å². The van der Waals surface area contributed by atoms with E-state index >= 15 is 0 Å². The third-order valence-corrected chi connectivity index (χ3v) is 6.97. The maximum Gasteiger partial charge on any atom is 0.0144 e. The number of nitrogens with one attached hydrogen (secondary N) is 1. The van der Waals surface area contributed by atoms with Crippen LogP contribution in [0.15, 0.2) is 24.3 Å². The lowest BCUT2D eigenvalue weighted by molar-refractivity contribution is 0.0494. The highest BCUT2D eigenvalue weighted by atomic mass is 15.0. The van der Waals surface area contributed by atoms with Crippen molar-refractivity contribution >= 4 is 0 Å². The van der Waals surface area contributed by atoms with Gasteiger partial charge in [-0.3, -0.25) is 0 Å². The van der Waals surface area contributed by atoms with Crippen molar-refractivity contribution in [1.29, 1.82) is 0 Å². The first-order valence-electron chi connectivity index (χ1n) is 9.65. The van der Waals surface area contributed by atoms with Crippen LogP contribution < -0.4 is 5.32 Å². The largest absolute Gasteiger partial charge is 0.313 e. The van der Waals surface area contributed by atoms with Gasteiger partial charge in [0.15, 0.2) is 0 Å². The first-order chi connectivity index (χ1) is 10.8. The molecule has 1 aromatic rings. The van der Waals surface area contributed by atoms with Crippen molar-refractivity contribution in [1.82, 2.24) is 5.32 Å². The van der Waals surface area contributed by atoms with Crippen molar-refractivity contribution in [2.24, 2.45) is 11.8 Å². The SMILES string of the molecule is CCCCCC1CC[C@]23CCN[C@H](Cc4ccccc42)[C@@H]3C1. The molecule has 0 aromatic heterocycles. The predicted octanol–water partition coefficient (Wildman–Crippen LogP) is 4.84. The van der Waals surface area contributed by atoms with Gasteiger partial charge in [-0.2, -0.15) is 0 Å². The molecule has 1 heterocycles. The maximum absolute atomic E-state index is 3.87. The molecule has 120 valence electrons. The van der Waals surface area contributed by atoms with Crippen LogP contribution in [0.2, 0.25) is 0 Å². The zero-order chi connectivity index (χ0) is 15.0. The molecule has 1 aromatic carbocycles. The monoisotopic (exact) mass is 297 g/mol. The Balaban J connectivity index is 1.59. The third kappa shape index (κ3) is 2.33. The summed E-state index contributed by atoms with van der Waals surface area (Å²) in [5.74, 6) is 1.90. The van der Waals surface area contributed by atoms with Crippen molar-refractivity contribution in [3.63, 3.8) is 0 Å². The summed E-state index contributed by atoms with van der Waals surface area (Å²) in [4.78, 5) is 0. The molecule has 0 radical (unpaired) electrons. The van der Waals surface area contributed by atoms with Gasteiger partial charge < -0.3 is 5.32 Å². The van der Waals surface area contributed by atoms with E-state index in [1.165, 1.54) is 64.3 Å². The average molecular weight is 297 g/mol. The molecule has 3 aliphatic rings. The van der Waals surface area contributed by atoms with Crippen LogP contribution in [-0.4, -0.2) is 12.6 Å². The normalized spacial score (nSPS) is 36.5. The molecular formula is C21H31N. The Morgan fingerprint density at radius 3 is 3.00 bits per heavy atom. The van der Waals surface area contributed by atoms with Crippen molar-refractivity contribution in [3.8, 4) is 0 Å². The minimum atomic E-state index is 0.520. The number of piperidine rings is 1. The van der Waals surface area contributed by atoms with Crippen LogP contribution in [0.4, 0.5) is 0 Å². The molecule has 0 amide bonds. The summed E-state index contributed by atoms with van der Waals surface area (Å²) in [6.45, 7) is 3.55. The third-order valence-electron chi connectivity index (χ3n) is 6.97. The molecular weight excluding hydrogens is 266 g/mol. The number of fused-ring (bicyclic) bond motifs is 1. The van der Waals surface area contributed by atoms with Crippen molar-refractivity contribution in [2.75, 3.05) is 6.54 Å². The fraction of sp³-hybridized carbons (Fsp3) is 0.714. The van der Waals surface area contributed by atoms with Crippen LogP contribution in [0.5, 0.6) is 0 Å². The van der Waals surface area contributed by atoms with Crippen LogP contribution in [0.1, 0.15) is 69.4 Å². The molecule has 1 unspecified atom stereocenters. The molecule has 4 atom stereocenters. The number of benzene rings is 1. The van der Waals surface area contributed by atoms with Crippen molar-refractivity contribution in [2.45, 2.75) is 76.2 Å². The Bertz CT molecular complexity index is 522. The summed E-state index contributed by atoms with van der Waals surface area (Å²) in [6.07, 6.45) is 12.8. The predicted molar refractivity (Wildman–Crippen MR) is 93.2 cm³/mol. The van der Waals surface area contributed by atoms with E-state index in [1.54, 1.807) is 11.1 Å². The number of unbranched alkanes of at least 4 members (excludes halogenated alkanes) is 2. The Morgan fingerprint density at radius 1 is 1.18 bits per heavy atom. The van der Waals surface area contributed by atoms with Gasteiger partial charge in [0.1, 0.15) is 0 Å². The standard InChI is InChI=1S/C21H31N/c1-2-3-4-7-16-10-11-21-12-13-22-20(19(21)14-16)15-17-8-5-6-9-18(17)21/h5-6,8-9,16,19-20,22H,2-4,7,10-15H2,1H3/t16?,19-,20+,21-/m0/s1. The molecule has 2 bridgehead atoms. The van der Waals surface area contributed by atoms with E-state index in [2.05, 4.69) is 36.5 Å². The number of hydrogen-bond acceptors (Lipinski definition) is 1. The van der Waals surface area contributed by atoms with Gasteiger partial charge in [-0.05, 0) is 61.6 Å². The summed E-state index contributed by atoms with van der Waals surface area (Å²) in [5.41, 5.74) is 3.89. The van der Waals surface area contributed by atoms with E-state index in [0.29, 0.717) is 5.41 Å². The number of rotatable bonds is 4. The Morgan fingerprint density at radius 2 is 2.09 bits per heavy atom. The smallest absolute Gasteiger partial charge is 0.0144 e.